The molecule has 1 N–H and O–H groups in total. The van der Waals surface area contributed by atoms with Crippen LogP contribution in [0.3, 0.4) is 0 Å². The van der Waals surface area contributed by atoms with E-state index in [1.165, 1.54) is 35.1 Å². The molecular weight excluding hydrogens is 294 g/mol. The van der Waals surface area contributed by atoms with Crippen molar-refractivity contribution in [2.24, 2.45) is 0 Å². The second kappa shape index (κ2) is 6.16. The molecule has 0 spiro atoms. The van der Waals surface area contributed by atoms with Crippen molar-refractivity contribution in [1.82, 2.24) is 9.78 Å². The number of hydrogen-bond donors (Lipinski definition) is 1. The van der Waals surface area contributed by atoms with E-state index in [9.17, 15) is 0 Å². The molecule has 0 atom stereocenters. The maximum Gasteiger partial charge on any atom is 0.133 e. The fourth-order valence-electron chi connectivity index (χ4n) is 3.40. The van der Waals surface area contributed by atoms with Gasteiger partial charge in [-0.1, -0.05) is 41.5 Å². The molecule has 3 heteroatoms. The molecule has 0 radical (unpaired) electrons. The largest absolute Gasteiger partial charge is 0.370 e. The first-order valence-corrected chi connectivity index (χ1v) is 8.72. The summed E-state index contributed by atoms with van der Waals surface area (Å²) < 4.78 is 2.08. The molecule has 3 aromatic rings. The van der Waals surface area contributed by atoms with Gasteiger partial charge in [0.2, 0.25) is 0 Å². The molecule has 2 aromatic carbocycles. The van der Waals surface area contributed by atoms with Crippen LogP contribution in [0, 0.1) is 13.8 Å². The summed E-state index contributed by atoms with van der Waals surface area (Å²) in [5.74, 6) is 1.16. The van der Waals surface area contributed by atoms with Crippen molar-refractivity contribution in [2.75, 3.05) is 11.9 Å². The smallest absolute Gasteiger partial charge is 0.133 e. The summed E-state index contributed by atoms with van der Waals surface area (Å²) in [5, 5.41) is 8.61. The third kappa shape index (κ3) is 2.71. The highest BCUT2D eigenvalue weighted by atomic mass is 15.3. The van der Waals surface area contributed by atoms with Crippen LogP contribution in [0.5, 0.6) is 0 Å². The van der Waals surface area contributed by atoms with Crippen LogP contribution in [0.15, 0.2) is 48.5 Å². The number of anilines is 1. The highest BCUT2D eigenvalue weighted by Crippen LogP contribution is 2.34. The van der Waals surface area contributed by atoms with Gasteiger partial charge >= 0.3 is 0 Å². The van der Waals surface area contributed by atoms with E-state index in [4.69, 9.17) is 5.10 Å². The molecule has 0 aliphatic carbocycles. The zero-order valence-electron chi connectivity index (χ0n) is 14.3. The van der Waals surface area contributed by atoms with Gasteiger partial charge in [0.05, 0.1) is 11.4 Å². The average molecular weight is 317 g/mol. The van der Waals surface area contributed by atoms with Gasteiger partial charge < -0.3 is 5.32 Å². The molecule has 122 valence electrons. The number of benzene rings is 2. The first-order valence-electron chi connectivity index (χ1n) is 8.72. The molecule has 0 fully saturated rings. The number of aryl methyl sites for hydroxylation is 2. The Morgan fingerprint density at radius 2 is 1.79 bits per heavy atom. The standard InChI is InChI=1S/C21H23N3/c1-15-9-11-18(12-10-15)24-21-19(8-3-4-13-22-21)20(23-24)17-7-5-6-16(2)14-17/h5-7,9-12,14,22H,3-4,8,13H2,1-2H3. The van der Waals surface area contributed by atoms with Gasteiger partial charge in [0.15, 0.2) is 0 Å². The highest BCUT2D eigenvalue weighted by Gasteiger charge is 2.21. The first-order chi connectivity index (χ1) is 11.7. The monoisotopic (exact) mass is 317 g/mol. The minimum Gasteiger partial charge on any atom is -0.370 e. The van der Waals surface area contributed by atoms with Crippen molar-refractivity contribution in [3.05, 3.63) is 65.2 Å². The summed E-state index contributed by atoms with van der Waals surface area (Å²) >= 11 is 0. The van der Waals surface area contributed by atoms with E-state index in [2.05, 4.69) is 72.4 Å². The predicted molar refractivity (Wildman–Crippen MR) is 99.9 cm³/mol. The highest BCUT2D eigenvalue weighted by molar-refractivity contribution is 5.71. The molecule has 0 saturated carbocycles. The summed E-state index contributed by atoms with van der Waals surface area (Å²) in [6, 6.07) is 17.2. The Kier molecular flexibility index (Phi) is 3.85. The topological polar surface area (TPSA) is 29.9 Å². The van der Waals surface area contributed by atoms with Crippen LogP contribution in [-0.2, 0) is 6.42 Å². The van der Waals surface area contributed by atoms with Crippen LogP contribution in [-0.4, -0.2) is 16.3 Å². The van der Waals surface area contributed by atoms with Crippen LogP contribution in [0.1, 0.15) is 29.5 Å². The van der Waals surface area contributed by atoms with Gasteiger partial charge in [-0.15, -0.1) is 0 Å². The van der Waals surface area contributed by atoms with Gasteiger partial charge in [0.1, 0.15) is 5.82 Å². The lowest BCUT2D eigenvalue weighted by Gasteiger charge is -2.09. The third-order valence-corrected chi connectivity index (χ3v) is 4.70. The van der Waals surface area contributed by atoms with Gasteiger partial charge in [-0.05, 0) is 51.3 Å². The second-order valence-corrected chi connectivity index (χ2v) is 6.68. The fourth-order valence-corrected chi connectivity index (χ4v) is 3.40. The lowest BCUT2D eigenvalue weighted by atomic mass is 10.0. The van der Waals surface area contributed by atoms with Gasteiger partial charge in [0, 0.05) is 17.7 Å². The van der Waals surface area contributed by atoms with Crippen LogP contribution in [0.25, 0.3) is 16.9 Å². The van der Waals surface area contributed by atoms with Gasteiger partial charge in [-0.3, -0.25) is 0 Å². The predicted octanol–water partition coefficient (Wildman–Crippen LogP) is 4.90. The summed E-state index contributed by atoms with van der Waals surface area (Å²) in [5.41, 5.74) is 7.32. The van der Waals surface area contributed by atoms with Crippen molar-refractivity contribution < 1.29 is 0 Å². The van der Waals surface area contributed by atoms with E-state index >= 15 is 0 Å². The summed E-state index contributed by atoms with van der Waals surface area (Å²) in [6.07, 6.45) is 3.49. The first kappa shape index (κ1) is 15.0. The maximum absolute atomic E-state index is 5.00. The number of aromatic nitrogens is 2. The van der Waals surface area contributed by atoms with E-state index < -0.39 is 0 Å². The van der Waals surface area contributed by atoms with Crippen molar-refractivity contribution in [1.29, 1.82) is 0 Å². The minimum atomic E-state index is 1.01. The molecule has 24 heavy (non-hydrogen) atoms. The Morgan fingerprint density at radius 1 is 0.958 bits per heavy atom. The van der Waals surface area contributed by atoms with Gasteiger partial charge in [0.25, 0.3) is 0 Å². The number of rotatable bonds is 2. The van der Waals surface area contributed by atoms with E-state index in [1.54, 1.807) is 0 Å². The van der Waals surface area contributed by atoms with Crippen molar-refractivity contribution >= 4 is 5.82 Å². The molecule has 1 aromatic heterocycles. The third-order valence-electron chi connectivity index (χ3n) is 4.70. The average Bonchev–Trinajstić information content (AvgIpc) is 2.77. The Bertz CT molecular complexity index is 859. The molecule has 1 aliphatic heterocycles. The zero-order valence-corrected chi connectivity index (χ0v) is 14.3. The Labute approximate surface area is 143 Å². The fraction of sp³-hybridized carbons (Fsp3) is 0.286. The molecule has 0 amide bonds. The molecule has 2 heterocycles. The maximum atomic E-state index is 5.00. The molecule has 4 rings (SSSR count). The zero-order chi connectivity index (χ0) is 16.5. The molecular formula is C21H23N3. The van der Waals surface area contributed by atoms with Crippen LogP contribution in [0.4, 0.5) is 5.82 Å². The van der Waals surface area contributed by atoms with Crippen molar-refractivity contribution in [3.63, 3.8) is 0 Å². The Morgan fingerprint density at radius 3 is 2.58 bits per heavy atom. The summed E-state index contributed by atoms with van der Waals surface area (Å²) in [6.45, 7) is 5.26. The molecule has 1 aliphatic rings. The number of fused-ring (bicyclic) bond motifs is 1. The summed E-state index contributed by atoms with van der Waals surface area (Å²) in [7, 11) is 0. The number of hydrogen-bond acceptors (Lipinski definition) is 2. The van der Waals surface area contributed by atoms with Crippen LogP contribution in [0.2, 0.25) is 0 Å². The Balaban J connectivity index is 1.90. The van der Waals surface area contributed by atoms with E-state index in [-0.39, 0.29) is 0 Å². The van der Waals surface area contributed by atoms with Gasteiger partial charge in [-0.2, -0.15) is 5.10 Å². The van der Waals surface area contributed by atoms with Gasteiger partial charge in [-0.25, -0.2) is 4.68 Å². The van der Waals surface area contributed by atoms with E-state index in [1.807, 2.05) is 0 Å². The Hall–Kier alpha value is -2.55. The van der Waals surface area contributed by atoms with Crippen molar-refractivity contribution in [2.45, 2.75) is 33.1 Å². The minimum absolute atomic E-state index is 1.01. The van der Waals surface area contributed by atoms with E-state index in [0.29, 0.717) is 0 Å². The number of nitrogens with zero attached hydrogens (tertiary/aromatic N) is 2. The molecule has 3 nitrogen and oxygen atoms in total. The van der Waals surface area contributed by atoms with E-state index in [0.717, 1.165) is 30.2 Å². The lowest BCUT2D eigenvalue weighted by Crippen LogP contribution is -2.07. The normalized spacial score (nSPS) is 13.9. The van der Waals surface area contributed by atoms with Crippen LogP contribution >= 0.6 is 0 Å². The quantitative estimate of drug-likeness (QED) is 0.728. The second-order valence-electron chi connectivity index (χ2n) is 6.68. The molecule has 0 bridgehead atoms. The summed E-state index contributed by atoms with van der Waals surface area (Å²) in [4.78, 5) is 0. The lowest BCUT2D eigenvalue weighted by molar-refractivity contribution is 0.780. The molecule has 0 saturated heterocycles. The number of nitrogens with one attached hydrogen (secondary N) is 1. The molecule has 0 unspecified atom stereocenters. The SMILES string of the molecule is Cc1ccc(-n2nc(-c3cccc(C)c3)c3c2NCCCC3)cc1. The van der Waals surface area contributed by atoms with Crippen molar-refractivity contribution in [3.8, 4) is 16.9 Å². The van der Waals surface area contributed by atoms with Crippen LogP contribution < -0.4 is 5.32 Å².